The zero-order valence-electron chi connectivity index (χ0n) is 22.2. The van der Waals surface area contributed by atoms with Crippen molar-refractivity contribution in [1.82, 2.24) is 20.2 Å². The number of amides is 1. The zero-order chi connectivity index (χ0) is 26.6. The van der Waals surface area contributed by atoms with E-state index >= 15 is 4.39 Å². The Balaban J connectivity index is 1.94. The molecule has 1 fully saturated rings. The number of aryl methyl sites for hydroxylation is 1. The summed E-state index contributed by atoms with van der Waals surface area (Å²) in [6.45, 7) is -8.86. The molecule has 1 aliphatic rings. The highest BCUT2D eigenvalue weighted by atomic mass is 35.5. The number of rotatable bonds is 5. The van der Waals surface area contributed by atoms with Crippen molar-refractivity contribution in [3.63, 3.8) is 0 Å². The van der Waals surface area contributed by atoms with Crippen LogP contribution in [-0.2, 0) is 6.50 Å². The number of carbonyl (C=O) groups excluding carboxylic acids is 1. The van der Waals surface area contributed by atoms with Crippen LogP contribution >= 0.6 is 11.6 Å². The Labute approximate surface area is 173 Å². The average Bonchev–Trinajstić information content (AvgIpc) is 2.71. The third-order valence-electron chi connectivity index (χ3n) is 3.66. The highest BCUT2D eigenvalue weighted by Gasteiger charge is 2.36. The molecule has 1 aromatic carbocycles. The van der Waals surface area contributed by atoms with Gasteiger partial charge in [-0.2, -0.15) is 0 Å². The summed E-state index contributed by atoms with van der Waals surface area (Å²) in [5, 5.41) is 1.33. The van der Waals surface area contributed by atoms with Crippen molar-refractivity contribution < 1.29 is 24.5 Å². The summed E-state index contributed by atoms with van der Waals surface area (Å²) in [6, 6.07) is 2.78. The highest BCUT2D eigenvalue weighted by Crippen LogP contribution is 2.27. The van der Waals surface area contributed by atoms with Crippen LogP contribution in [0.15, 0.2) is 30.6 Å². The summed E-state index contributed by atoms with van der Waals surface area (Å²) in [5.74, 6) is -2.49. The molecular formula is C19H21ClF2N4O. The van der Waals surface area contributed by atoms with E-state index in [-0.39, 0.29) is 5.56 Å². The van der Waals surface area contributed by atoms with E-state index in [9.17, 15) is 9.18 Å². The summed E-state index contributed by atoms with van der Waals surface area (Å²) < 4.78 is 95.2. The van der Waals surface area contributed by atoms with Crippen LogP contribution in [0.1, 0.15) is 45.5 Å². The minimum absolute atomic E-state index is 0.281. The average molecular weight is 403 g/mol. The normalized spacial score (nSPS) is 29.1. The molecule has 144 valence electrons. The zero-order valence-corrected chi connectivity index (χ0v) is 14.9. The van der Waals surface area contributed by atoms with Crippen LogP contribution in [-0.4, -0.2) is 46.0 Å². The topological polar surface area (TPSA) is 58.1 Å². The molecule has 8 heteroatoms. The Bertz CT molecular complexity index is 1140. The standard InChI is InChI=1S/C19H21ClF2N4O/c1-13-9-24-17(25-10-13)11-23-12-19(22)4-6-26(7-5-19)18(27)14-2-3-16(21)15(20)8-14/h2-3,8-10,23H,4-7,11-12H2,1H3/i4D2,7D2,11D2,12D2. The number of benzene rings is 1. The number of hydrogen-bond acceptors (Lipinski definition) is 4. The van der Waals surface area contributed by atoms with Gasteiger partial charge in [0.25, 0.3) is 5.91 Å². The fourth-order valence-electron chi connectivity index (χ4n) is 2.19. The number of halogens is 3. The van der Waals surface area contributed by atoms with Gasteiger partial charge in [0, 0.05) is 58.5 Å². The fourth-order valence-corrected chi connectivity index (χ4v) is 2.37. The molecule has 0 saturated carbocycles. The summed E-state index contributed by atoms with van der Waals surface area (Å²) in [6.07, 6.45) is -2.17. The van der Waals surface area contributed by atoms with Gasteiger partial charge in [0.1, 0.15) is 17.3 Å². The second-order valence-corrected chi connectivity index (χ2v) is 6.20. The Morgan fingerprint density at radius 1 is 1.48 bits per heavy atom. The predicted octanol–water partition coefficient (Wildman–Crippen LogP) is 3.31. The first-order valence-electron chi connectivity index (χ1n) is 11.9. The summed E-state index contributed by atoms with van der Waals surface area (Å²) in [4.78, 5) is 20.8. The first kappa shape index (κ1) is 11.7. The van der Waals surface area contributed by atoms with Gasteiger partial charge in [0.15, 0.2) is 0 Å². The Kier molecular flexibility index (Phi) is 3.57. The van der Waals surface area contributed by atoms with Crippen molar-refractivity contribution >= 4 is 17.5 Å². The third kappa shape index (κ3) is 4.99. The van der Waals surface area contributed by atoms with E-state index in [0.717, 1.165) is 18.2 Å². The molecule has 1 atom stereocenters. The minimum Gasteiger partial charge on any atom is -0.338 e. The number of nitrogens with one attached hydrogen (secondary N) is 1. The van der Waals surface area contributed by atoms with Gasteiger partial charge in [-0.25, -0.2) is 18.7 Å². The molecule has 3 rings (SSSR count). The van der Waals surface area contributed by atoms with Gasteiger partial charge < -0.3 is 10.2 Å². The van der Waals surface area contributed by atoms with E-state index in [4.69, 9.17) is 22.6 Å². The number of alkyl halides is 1. The lowest BCUT2D eigenvalue weighted by molar-refractivity contribution is 0.0434. The molecule has 1 aromatic heterocycles. The van der Waals surface area contributed by atoms with Gasteiger partial charge in [-0.3, -0.25) is 4.79 Å². The predicted molar refractivity (Wildman–Crippen MR) is 98.9 cm³/mol. The van der Waals surface area contributed by atoms with Crippen molar-refractivity contribution in [3.05, 3.63) is 58.4 Å². The van der Waals surface area contributed by atoms with Crippen molar-refractivity contribution in [3.8, 4) is 0 Å². The maximum absolute atomic E-state index is 16.2. The molecule has 27 heavy (non-hydrogen) atoms. The van der Waals surface area contributed by atoms with Crippen molar-refractivity contribution in [2.24, 2.45) is 0 Å². The van der Waals surface area contributed by atoms with Gasteiger partial charge in [-0.1, -0.05) is 11.6 Å². The van der Waals surface area contributed by atoms with Crippen LogP contribution in [0.4, 0.5) is 8.78 Å². The largest absolute Gasteiger partial charge is 0.338 e. The first-order valence-corrected chi connectivity index (χ1v) is 8.25. The Morgan fingerprint density at radius 3 is 2.93 bits per heavy atom. The van der Waals surface area contributed by atoms with E-state index < -0.39 is 67.1 Å². The van der Waals surface area contributed by atoms with Crippen molar-refractivity contribution in [1.29, 1.82) is 0 Å². The molecule has 1 unspecified atom stereocenters. The van der Waals surface area contributed by atoms with E-state index in [2.05, 4.69) is 9.97 Å². The SMILES string of the molecule is [2H]C([2H])(NC([2H])([2H])C1(F)CC([2H])([2H])N(C(=O)c2ccc(F)c(Cl)c2)CC1([2H])[2H])c1ncc(C)cn1. The molecule has 2 aromatic rings. The molecule has 0 radical (unpaired) electrons. The summed E-state index contributed by atoms with van der Waals surface area (Å²) in [7, 11) is 0. The van der Waals surface area contributed by atoms with Crippen LogP contribution in [0.3, 0.4) is 0 Å². The maximum atomic E-state index is 16.2. The maximum Gasteiger partial charge on any atom is 0.253 e. The minimum atomic E-state index is -3.65. The van der Waals surface area contributed by atoms with Gasteiger partial charge in [0.05, 0.1) is 14.3 Å². The number of hydrogen-bond donors (Lipinski definition) is 1. The second-order valence-electron chi connectivity index (χ2n) is 5.79. The van der Waals surface area contributed by atoms with Crippen molar-refractivity contribution in [2.45, 2.75) is 31.9 Å². The van der Waals surface area contributed by atoms with Crippen LogP contribution in [0, 0.1) is 12.7 Å². The monoisotopic (exact) mass is 402 g/mol. The number of nitrogens with zero attached hydrogens (tertiary/aromatic N) is 3. The van der Waals surface area contributed by atoms with Gasteiger partial charge >= 0.3 is 0 Å². The van der Waals surface area contributed by atoms with Gasteiger partial charge in [0.2, 0.25) is 0 Å². The molecule has 0 bridgehead atoms. The molecular weight excluding hydrogens is 374 g/mol. The number of piperidine rings is 1. The lowest BCUT2D eigenvalue weighted by Crippen LogP contribution is -2.48. The van der Waals surface area contributed by atoms with Crippen LogP contribution < -0.4 is 5.32 Å². The van der Waals surface area contributed by atoms with E-state index in [0.29, 0.717) is 10.5 Å². The lowest BCUT2D eigenvalue weighted by atomic mass is 9.92. The van der Waals surface area contributed by atoms with Gasteiger partial charge in [-0.05, 0) is 30.7 Å². The van der Waals surface area contributed by atoms with Crippen LogP contribution in [0.5, 0.6) is 0 Å². The van der Waals surface area contributed by atoms with Crippen molar-refractivity contribution in [2.75, 3.05) is 19.5 Å². The Morgan fingerprint density at radius 2 is 2.22 bits per heavy atom. The summed E-state index contributed by atoms with van der Waals surface area (Å²) in [5.41, 5.74) is -3.35. The second kappa shape index (κ2) is 8.27. The molecule has 0 aliphatic carbocycles. The molecule has 1 N–H and O–H groups in total. The lowest BCUT2D eigenvalue weighted by Gasteiger charge is -2.36. The molecule has 1 saturated heterocycles. The Hall–Kier alpha value is -2.12. The summed E-state index contributed by atoms with van der Waals surface area (Å²) >= 11 is 5.67. The van der Waals surface area contributed by atoms with Crippen LogP contribution in [0.2, 0.25) is 5.02 Å². The molecule has 0 spiro atoms. The smallest absolute Gasteiger partial charge is 0.253 e. The number of carbonyl (C=O) groups is 1. The molecule has 1 aliphatic heterocycles. The van der Waals surface area contributed by atoms with Crippen LogP contribution in [0.25, 0.3) is 0 Å². The quantitative estimate of drug-likeness (QED) is 0.833. The van der Waals surface area contributed by atoms with E-state index in [1.54, 1.807) is 12.2 Å². The van der Waals surface area contributed by atoms with E-state index in [1.165, 1.54) is 12.4 Å². The molecule has 1 amide bonds. The van der Waals surface area contributed by atoms with Gasteiger partial charge in [-0.15, -0.1) is 0 Å². The third-order valence-corrected chi connectivity index (χ3v) is 3.95. The number of aromatic nitrogens is 2. The first-order chi connectivity index (χ1) is 15.8. The molecule has 5 nitrogen and oxygen atoms in total. The van der Waals surface area contributed by atoms with E-state index in [1.807, 2.05) is 0 Å². The molecule has 2 heterocycles. The number of likely N-dealkylation sites (tertiary alicyclic amines) is 1. The fraction of sp³-hybridized carbons (Fsp3) is 0.421. The highest BCUT2D eigenvalue weighted by molar-refractivity contribution is 6.31.